The summed E-state index contributed by atoms with van der Waals surface area (Å²) in [5, 5.41) is 0.984. The number of carbonyl (C=O) groups excluding carboxylic acids is 1. The number of carbonyl (C=O) groups is 1. The molecule has 0 aliphatic carbocycles. The van der Waals surface area contributed by atoms with Gasteiger partial charge >= 0.3 is 0 Å². The summed E-state index contributed by atoms with van der Waals surface area (Å²) in [4.78, 5) is 12.7. The van der Waals surface area contributed by atoms with Crippen LogP contribution in [0.2, 0.25) is 10.0 Å². The quantitative estimate of drug-likeness (QED) is 0.798. The third kappa shape index (κ3) is 2.63. The lowest BCUT2D eigenvalue weighted by atomic mass is 10.3. The molecular formula is C10H11Cl2NO. The van der Waals surface area contributed by atoms with Crippen LogP contribution in [-0.4, -0.2) is 19.4 Å². The average molecular weight is 232 g/mol. The van der Waals surface area contributed by atoms with E-state index in [1.165, 1.54) is 6.92 Å². The largest absolute Gasteiger partial charge is 0.366 e. The van der Waals surface area contributed by atoms with Crippen LogP contribution < -0.4 is 4.90 Å². The Kier molecular flexibility index (Phi) is 3.78. The minimum absolute atomic E-state index is 0.0866. The first-order valence-corrected chi connectivity index (χ1v) is 4.92. The van der Waals surface area contributed by atoms with Crippen LogP contribution in [0.4, 0.5) is 5.69 Å². The molecule has 0 aliphatic heterocycles. The van der Waals surface area contributed by atoms with Crippen molar-refractivity contribution in [1.29, 1.82) is 0 Å². The minimum Gasteiger partial charge on any atom is -0.366 e. The highest BCUT2D eigenvalue weighted by molar-refractivity contribution is 6.43. The molecule has 1 aromatic carbocycles. The van der Waals surface area contributed by atoms with Crippen molar-refractivity contribution in [2.45, 2.75) is 6.92 Å². The van der Waals surface area contributed by atoms with Crippen molar-refractivity contribution >= 4 is 34.7 Å². The molecule has 76 valence electrons. The van der Waals surface area contributed by atoms with E-state index in [0.29, 0.717) is 16.6 Å². The van der Waals surface area contributed by atoms with Gasteiger partial charge in [0.15, 0.2) is 0 Å². The highest BCUT2D eigenvalue weighted by Gasteiger charge is 2.09. The molecule has 0 aliphatic rings. The van der Waals surface area contributed by atoms with Gasteiger partial charge in [-0.2, -0.15) is 0 Å². The maximum absolute atomic E-state index is 10.9. The summed E-state index contributed by atoms with van der Waals surface area (Å²) in [6, 6.07) is 5.35. The van der Waals surface area contributed by atoms with Gasteiger partial charge < -0.3 is 4.90 Å². The van der Waals surface area contributed by atoms with Crippen molar-refractivity contribution in [1.82, 2.24) is 0 Å². The van der Waals surface area contributed by atoms with Gasteiger partial charge in [0, 0.05) is 7.05 Å². The fourth-order valence-electron chi connectivity index (χ4n) is 1.21. The summed E-state index contributed by atoms with van der Waals surface area (Å²) in [7, 11) is 1.80. The zero-order valence-electron chi connectivity index (χ0n) is 8.05. The molecule has 0 heterocycles. The number of nitrogens with zero attached hydrogens (tertiary/aromatic N) is 1. The van der Waals surface area contributed by atoms with Gasteiger partial charge in [0.25, 0.3) is 0 Å². The highest BCUT2D eigenvalue weighted by Crippen LogP contribution is 2.31. The third-order valence-corrected chi connectivity index (χ3v) is 2.61. The third-order valence-electron chi connectivity index (χ3n) is 1.80. The number of ketones is 1. The molecular weight excluding hydrogens is 221 g/mol. The second kappa shape index (κ2) is 4.67. The lowest BCUT2D eigenvalue weighted by Crippen LogP contribution is -2.23. The molecule has 0 radical (unpaired) electrons. The van der Waals surface area contributed by atoms with Gasteiger partial charge in [0.1, 0.15) is 5.78 Å². The Labute approximate surface area is 93.4 Å². The Bertz CT molecular complexity index is 352. The first kappa shape index (κ1) is 11.3. The van der Waals surface area contributed by atoms with Crippen molar-refractivity contribution in [3.8, 4) is 0 Å². The molecule has 0 bridgehead atoms. The molecule has 0 aromatic heterocycles. The lowest BCUT2D eigenvalue weighted by molar-refractivity contribution is -0.115. The van der Waals surface area contributed by atoms with Gasteiger partial charge in [-0.3, -0.25) is 4.79 Å². The number of anilines is 1. The number of rotatable bonds is 3. The summed E-state index contributed by atoms with van der Waals surface area (Å²) in [5.74, 6) is 0.0866. The Morgan fingerprint density at radius 2 is 2.07 bits per heavy atom. The molecule has 1 aromatic rings. The van der Waals surface area contributed by atoms with E-state index in [1.54, 1.807) is 24.1 Å². The van der Waals surface area contributed by atoms with Crippen LogP contribution in [0.15, 0.2) is 18.2 Å². The number of Topliss-reactive ketones (excluding diaryl/α,β-unsaturated/α-hetero) is 1. The molecule has 2 nitrogen and oxygen atoms in total. The molecule has 0 amide bonds. The standard InChI is InChI=1S/C10H11Cl2NO/c1-7(14)6-13(2)9-5-3-4-8(11)10(9)12/h3-5H,6H2,1-2H3. The molecule has 0 saturated carbocycles. The van der Waals surface area contributed by atoms with Gasteiger partial charge in [0.2, 0.25) is 0 Å². The van der Waals surface area contributed by atoms with E-state index in [-0.39, 0.29) is 5.78 Å². The van der Waals surface area contributed by atoms with Crippen molar-refractivity contribution in [2.75, 3.05) is 18.5 Å². The van der Waals surface area contributed by atoms with Crippen molar-refractivity contribution < 1.29 is 4.79 Å². The van der Waals surface area contributed by atoms with Gasteiger partial charge in [-0.05, 0) is 19.1 Å². The summed E-state index contributed by atoms with van der Waals surface area (Å²) < 4.78 is 0. The highest BCUT2D eigenvalue weighted by atomic mass is 35.5. The average Bonchev–Trinajstić information content (AvgIpc) is 2.08. The van der Waals surface area contributed by atoms with Crippen molar-refractivity contribution in [2.24, 2.45) is 0 Å². The molecule has 0 N–H and O–H groups in total. The zero-order valence-corrected chi connectivity index (χ0v) is 9.56. The Morgan fingerprint density at radius 3 is 2.64 bits per heavy atom. The molecule has 0 saturated heterocycles. The Morgan fingerprint density at radius 1 is 1.43 bits per heavy atom. The first-order valence-electron chi connectivity index (χ1n) is 4.17. The van der Waals surface area contributed by atoms with E-state index in [4.69, 9.17) is 23.2 Å². The Balaban J connectivity index is 2.95. The van der Waals surface area contributed by atoms with E-state index >= 15 is 0 Å². The normalized spacial score (nSPS) is 10.0. The molecule has 0 unspecified atom stereocenters. The van der Waals surface area contributed by atoms with E-state index in [2.05, 4.69) is 0 Å². The Hall–Kier alpha value is -0.730. The van der Waals surface area contributed by atoms with Crippen LogP contribution in [0.25, 0.3) is 0 Å². The van der Waals surface area contributed by atoms with Crippen LogP contribution in [0.3, 0.4) is 0 Å². The molecule has 0 atom stereocenters. The summed E-state index contributed by atoms with van der Waals surface area (Å²) >= 11 is 11.8. The van der Waals surface area contributed by atoms with Crippen LogP contribution in [0.1, 0.15) is 6.92 Å². The van der Waals surface area contributed by atoms with Crippen LogP contribution in [0, 0.1) is 0 Å². The maximum atomic E-state index is 10.9. The van der Waals surface area contributed by atoms with Gasteiger partial charge in [-0.1, -0.05) is 29.3 Å². The monoisotopic (exact) mass is 231 g/mol. The topological polar surface area (TPSA) is 20.3 Å². The predicted molar refractivity (Wildman–Crippen MR) is 60.4 cm³/mol. The van der Waals surface area contributed by atoms with Gasteiger partial charge in [0.05, 0.1) is 22.3 Å². The summed E-state index contributed by atoms with van der Waals surface area (Å²) in [6.45, 7) is 1.87. The number of hydrogen-bond acceptors (Lipinski definition) is 2. The zero-order chi connectivity index (χ0) is 10.7. The molecule has 0 fully saturated rings. The number of hydrogen-bond donors (Lipinski definition) is 0. The van der Waals surface area contributed by atoms with E-state index in [1.807, 2.05) is 6.07 Å². The van der Waals surface area contributed by atoms with Gasteiger partial charge in [-0.25, -0.2) is 0 Å². The fourth-order valence-corrected chi connectivity index (χ4v) is 1.65. The summed E-state index contributed by atoms with van der Waals surface area (Å²) in [5.41, 5.74) is 0.773. The minimum atomic E-state index is 0.0866. The number of halogens is 2. The smallest absolute Gasteiger partial charge is 0.149 e. The lowest BCUT2D eigenvalue weighted by Gasteiger charge is -2.19. The predicted octanol–water partition coefficient (Wildman–Crippen LogP) is 3.02. The van der Waals surface area contributed by atoms with Crippen molar-refractivity contribution in [3.63, 3.8) is 0 Å². The fraction of sp³-hybridized carbons (Fsp3) is 0.300. The summed E-state index contributed by atoms with van der Waals surface area (Å²) in [6.07, 6.45) is 0. The van der Waals surface area contributed by atoms with Crippen molar-refractivity contribution in [3.05, 3.63) is 28.2 Å². The molecule has 0 spiro atoms. The van der Waals surface area contributed by atoms with Crippen LogP contribution in [0.5, 0.6) is 0 Å². The second-order valence-electron chi connectivity index (χ2n) is 3.13. The van der Waals surface area contributed by atoms with Gasteiger partial charge in [-0.15, -0.1) is 0 Å². The molecule has 14 heavy (non-hydrogen) atoms. The maximum Gasteiger partial charge on any atom is 0.149 e. The van der Waals surface area contributed by atoms with E-state index < -0.39 is 0 Å². The van der Waals surface area contributed by atoms with Crippen LogP contribution >= 0.6 is 23.2 Å². The second-order valence-corrected chi connectivity index (χ2v) is 3.92. The van der Waals surface area contributed by atoms with E-state index in [0.717, 1.165) is 5.69 Å². The van der Waals surface area contributed by atoms with E-state index in [9.17, 15) is 4.79 Å². The number of likely N-dealkylation sites (N-methyl/N-ethyl adjacent to an activating group) is 1. The SMILES string of the molecule is CC(=O)CN(C)c1cccc(Cl)c1Cl. The van der Waals surface area contributed by atoms with Crippen LogP contribution in [-0.2, 0) is 4.79 Å². The molecule has 1 rings (SSSR count). The molecule has 4 heteroatoms. The first-order chi connectivity index (χ1) is 6.52. The number of benzene rings is 1.